The van der Waals surface area contributed by atoms with Gasteiger partial charge in [0.05, 0.1) is 19.9 Å². The first-order chi connectivity index (χ1) is 15.6. The summed E-state index contributed by atoms with van der Waals surface area (Å²) < 4.78 is 12.6. The molecule has 2 aromatic heterocycles. The number of aromatic nitrogens is 2. The van der Waals surface area contributed by atoms with Gasteiger partial charge < -0.3 is 14.0 Å². The van der Waals surface area contributed by atoms with Crippen molar-refractivity contribution >= 4 is 17.2 Å². The fraction of sp³-hybridized carbons (Fsp3) is 0.160. The Balaban J connectivity index is 1.66. The van der Waals surface area contributed by atoms with Crippen LogP contribution in [0.25, 0.3) is 10.6 Å². The van der Waals surface area contributed by atoms with E-state index in [-0.39, 0.29) is 5.91 Å². The highest BCUT2D eigenvalue weighted by molar-refractivity contribution is 7.17. The average molecular weight is 446 g/mol. The monoisotopic (exact) mass is 445 g/mol. The number of pyridine rings is 1. The van der Waals surface area contributed by atoms with Crippen LogP contribution in [-0.2, 0) is 6.54 Å². The lowest BCUT2D eigenvalue weighted by Crippen LogP contribution is -2.22. The molecule has 4 rings (SSSR count). The zero-order valence-electron chi connectivity index (χ0n) is 18.1. The minimum absolute atomic E-state index is 0.306. The van der Waals surface area contributed by atoms with Crippen molar-refractivity contribution in [1.82, 2.24) is 9.55 Å². The summed E-state index contributed by atoms with van der Waals surface area (Å²) in [5.74, 6) is 0.948. The number of thiazole rings is 1. The number of aryl methyl sites for hydroxylation is 1. The fourth-order valence-electron chi connectivity index (χ4n) is 3.33. The van der Waals surface area contributed by atoms with Gasteiger partial charge in [-0.3, -0.25) is 4.79 Å². The number of rotatable bonds is 6. The molecule has 2 heterocycles. The number of carbonyl (C=O) groups excluding carboxylic acids is 1. The average Bonchev–Trinajstić information content (AvgIpc) is 3.22. The van der Waals surface area contributed by atoms with Crippen LogP contribution in [0.1, 0.15) is 20.9 Å². The molecular formula is C25H23N3O3S. The van der Waals surface area contributed by atoms with Gasteiger partial charge in [-0.25, -0.2) is 4.98 Å². The summed E-state index contributed by atoms with van der Waals surface area (Å²) in [4.78, 5) is 22.6. The Labute approximate surface area is 190 Å². The molecule has 7 heteroatoms. The van der Waals surface area contributed by atoms with Crippen LogP contribution < -0.4 is 15.0 Å². The smallest absolute Gasteiger partial charge is 0.290 e. The van der Waals surface area contributed by atoms with Crippen LogP contribution in [0.2, 0.25) is 0 Å². The molecule has 0 aliphatic heterocycles. The topological polar surface area (TPSA) is 65.7 Å². The Morgan fingerprint density at radius 3 is 2.50 bits per heavy atom. The zero-order chi connectivity index (χ0) is 22.5. The second-order valence-electron chi connectivity index (χ2n) is 7.09. The normalized spacial score (nSPS) is 11.4. The molecule has 0 saturated carbocycles. The molecule has 0 saturated heterocycles. The Kier molecular flexibility index (Phi) is 6.47. The van der Waals surface area contributed by atoms with E-state index in [4.69, 9.17) is 9.47 Å². The van der Waals surface area contributed by atoms with E-state index < -0.39 is 0 Å². The first kappa shape index (κ1) is 21.5. The Hall–Kier alpha value is -3.71. The third-order valence-corrected chi connectivity index (χ3v) is 6.14. The van der Waals surface area contributed by atoms with Crippen molar-refractivity contribution < 1.29 is 14.3 Å². The standard InChI is InChI=1S/C25H23N3O3S/c1-17-23(32-25(26-17)19-12-13-20(30-2)21(15-19)31-3)24(29)27-22-11-7-8-14-28(22)16-18-9-5-4-6-10-18/h4-15H,16H2,1-3H3. The van der Waals surface area contributed by atoms with Crippen molar-refractivity contribution in [1.29, 1.82) is 0 Å². The van der Waals surface area contributed by atoms with Crippen molar-refractivity contribution in [3.63, 3.8) is 0 Å². The van der Waals surface area contributed by atoms with Gasteiger partial charge in [-0.15, -0.1) is 11.3 Å². The van der Waals surface area contributed by atoms with E-state index in [0.717, 1.165) is 16.1 Å². The third-order valence-electron chi connectivity index (χ3n) is 4.95. The second-order valence-corrected chi connectivity index (χ2v) is 8.09. The molecule has 32 heavy (non-hydrogen) atoms. The van der Waals surface area contributed by atoms with Gasteiger partial charge in [-0.05, 0) is 42.8 Å². The number of methoxy groups -OCH3 is 2. The first-order valence-corrected chi connectivity index (χ1v) is 10.9. The lowest BCUT2D eigenvalue weighted by atomic mass is 10.2. The first-order valence-electron chi connectivity index (χ1n) is 10.1. The zero-order valence-corrected chi connectivity index (χ0v) is 18.9. The predicted octanol–water partition coefficient (Wildman–Crippen LogP) is 4.73. The van der Waals surface area contributed by atoms with Crippen LogP contribution in [0.15, 0.2) is 77.9 Å². The van der Waals surface area contributed by atoms with Crippen LogP contribution in [0.5, 0.6) is 11.5 Å². The van der Waals surface area contributed by atoms with Crippen molar-refractivity contribution in [2.75, 3.05) is 14.2 Å². The van der Waals surface area contributed by atoms with Crippen molar-refractivity contribution in [3.05, 3.63) is 94.5 Å². The molecule has 0 unspecified atom stereocenters. The largest absolute Gasteiger partial charge is 0.493 e. The van der Waals surface area contributed by atoms with E-state index in [1.807, 2.05) is 84.4 Å². The molecule has 0 fully saturated rings. The van der Waals surface area contributed by atoms with E-state index in [1.54, 1.807) is 14.2 Å². The molecule has 0 spiro atoms. The van der Waals surface area contributed by atoms with E-state index >= 15 is 0 Å². The minimum atomic E-state index is -0.306. The molecule has 162 valence electrons. The number of carbonyl (C=O) groups is 1. The fourth-order valence-corrected chi connectivity index (χ4v) is 4.27. The molecule has 1 amide bonds. The number of hydrogen-bond acceptors (Lipinski definition) is 5. The minimum Gasteiger partial charge on any atom is -0.493 e. The molecule has 0 aliphatic rings. The van der Waals surface area contributed by atoms with Crippen LogP contribution in [0, 0.1) is 6.92 Å². The number of amides is 1. The van der Waals surface area contributed by atoms with Crippen LogP contribution in [0.4, 0.5) is 0 Å². The molecule has 0 bridgehead atoms. The van der Waals surface area contributed by atoms with Crippen LogP contribution in [-0.4, -0.2) is 29.7 Å². The Morgan fingerprint density at radius 2 is 1.75 bits per heavy atom. The van der Waals surface area contributed by atoms with Crippen molar-refractivity contribution in [2.24, 2.45) is 4.99 Å². The number of ether oxygens (including phenoxy) is 2. The van der Waals surface area contributed by atoms with Gasteiger partial charge in [0.25, 0.3) is 5.91 Å². The lowest BCUT2D eigenvalue weighted by molar-refractivity contribution is 0.1000. The summed E-state index contributed by atoms with van der Waals surface area (Å²) in [6, 6.07) is 21.3. The lowest BCUT2D eigenvalue weighted by Gasteiger charge is -2.08. The molecule has 2 aromatic carbocycles. The molecule has 0 radical (unpaired) electrons. The van der Waals surface area contributed by atoms with E-state index in [9.17, 15) is 4.79 Å². The van der Waals surface area contributed by atoms with E-state index in [2.05, 4.69) is 9.98 Å². The SMILES string of the molecule is COc1ccc(-c2nc(C)c(C(=O)N=c3ccccn3Cc3ccccc3)s2)cc1OC. The third kappa shape index (κ3) is 4.63. The molecule has 4 aromatic rings. The van der Waals surface area contributed by atoms with Gasteiger partial charge in [-0.2, -0.15) is 4.99 Å². The summed E-state index contributed by atoms with van der Waals surface area (Å²) in [6.07, 6.45) is 1.92. The summed E-state index contributed by atoms with van der Waals surface area (Å²) >= 11 is 1.32. The highest BCUT2D eigenvalue weighted by Crippen LogP contribution is 2.35. The Morgan fingerprint density at radius 1 is 1.00 bits per heavy atom. The molecular weight excluding hydrogens is 422 g/mol. The van der Waals surface area contributed by atoms with Crippen LogP contribution in [0.3, 0.4) is 0 Å². The maximum atomic E-state index is 13.1. The van der Waals surface area contributed by atoms with E-state index in [1.165, 1.54) is 11.3 Å². The summed E-state index contributed by atoms with van der Waals surface area (Å²) in [6.45, 7) is 2.46. The highest BCUT2D eigenvalue weighted by atomic mass is 32.1. The van der Waals surface area contributed by atoms with Gasteiger partial charge in [0.15, 0.2) is 11.5 Å². The quantitative estimate of drug-likeness (QED) is 0.431. The summed E-state index contributed by atoms with van der Waals surface area (Å²) in [5, 5.41) is 0.729. The second kappa shape index (κ2) is 9.62. The molecule has 0 aliphatic carbocycles. The van der Waals surface area contributed by atoms with E-state index in [0.29, 0.717) is 34.1 Å². The van der Waals surface area contributed by atoms with Crippen molar-refractivity contribution in [2.45, 2.75) is 13.5 Å². The van der Waals surface area contributed by atoms with Gasteiger partial charge in [0, 0.05) is 18.3 Å². The van der Waals surface area contributed by atoms with Gasteiger partial charge in [-0.1, -0.05) is 36.4 Å². The van der Waals surface area contributed by atoms with Gasteiger partial charge >= 0.3 is 0 Å². The molecule has 0 N–H and O–H groups in total. The predicted molar refractivity (Wildman–Crippen MR) is 125 cm³/mol. The molecule has 0 atom stereocenters. The van der Waals surface area contributed by atoms with Gasteiger partial charge in [0.2, 0.25) is 0 Å². The van der Waals surface area contributed by atoms with Crippen molar-refractivity contribution in [3.8, 4) is 22.1 Å². The summed E-state index contributed by atoms with van der Waals surface area (Å²) in [7, 11) is 3.18. The summed E-state index contributed by atoms with van der Waals surface area (Å²) in [5.41, 5.74) is 3.24. The van der Waals surface area contributed by atoms with Gasteiger partial charge in [0.1, 0.15) is 15.4 Å². The number of hydrogen-bond donors (Lipinski definition) is 0. The number of benzene rings is 2. The van der Waals surface area contributed by atoms with Crippen LogP contribution >= 0.6 is 11.3 Å². The maximum Gasteiger partial charge on any atom is 0.290 e. The number of nitrogens with zero attached hydrogens (tertiary/aromatic N) is 3. The molecule has 6 nitrogen and oxygen atoms in total. The maximum absolute atomic E-state index is 13.1. The Bertz CT molecular complexity index is 1310. The highest BCUT2D eigenvalue weighted by Gasteiger charge is 2.17.